The van der Waals surface area contributed by atoms with Crippen molar-refractivity contribution >= 4 is 5.97 Å². The van der Waals surface area contributed by atoms with Crippen LogP contribution in [0.5, 0.6) is 0 Å². The third-order valence-corrected chi connectivity index (χ3v) is 3.32. The van der Waals surface area contributed by atoms with Crippen molar-refractivity contribution in [3.05, 3.63) is 0 Å². The van der Waals surface area contributed by atoms with Gasteiger partial charge in [-0.3, -0.25) is 4.79 Å². The molecule has 0 fully saturated rings. The normalized spacial score (nSPS) is 12.6. The van der Waals surface area contributed by atoms with Crippen molar-refractivity contribution in [3.8, 4) is 0 Å². The summed E-state index contributed by atoms with van der Waals surface area (Å²) in [4.78, 5) is 10.3. The second-order valence-corrected chi connectivity index (χ2v) is 5.20. The van der Waals surface area contributed by atoms with Gasteiger partial charge in [0.15, 0.2) is 0 Å². The van der Waals surface area contributed by atoms with Crippen LogP contribution in [0.2, 0.25) is 0 Å². The Morgan fingerprint density at radius 1 is 0.889 bits per heavy atom. The van der Waals surface area contributed by atoms with Crippen molar-refractivity contribution in [1.29, 1.82) is 0 Å². The molecule has 0 heterocycles. The van der Waals surface area contributed by atoms with E-state index in [2.05, 4.69) is 6.92 Å². The number of aliphatic hydroxyl groups excluding tert-OH is 1. The summed E-state index contributed by atoms with van der Waals surface area (Å²) < 4.78 is 0. The van der Waals surface area contributed by atoms with Crippen LogP contribution in [0.3, 0.4) is 0 Å². The van der Waals surface area contributed by atoms with E-state index in [0.29, 0.717) is 6.42 Å². The largest absolute Gasteiger partial charge is 0.481 e. The highest BCUT2D eigenvalue weighted by atomic mass is 16.4. The summed E-state index contributed by atoms with van der Waals surface area (Å²) in [6.07, 6.45) is 12.1. The number of carbonyl (C=O) groups is 1. The predicted molar refractivity (Wildman–Crippen MR) is 74.7 cm³/mol. The quantitative estimate of drug-likeness (QED) is 0.488. The minimum atomic E-state index is -0.684. The summed E-state index contributed by atoms with van der Waals surface area (Å²) in [6, 6.07) is 0. The lowest BCUT2D eigenvalue weighted by Crippen LogP contribution is -2.05. The minimum absolute atomic E-state index is 0.0967. The summed E-state index contributed by atoms with van der Waals surface area (Å²) >= 11 is 0. The summed E-state index contributed by atoms with van der Waals surface area (Å²) in [5, 5.41) is 18.1. The van der Waals surface area contributed by atoms with Crippen molar-refractivity contribution in [2.24, 2.45) is 0 Å². The number of aliphatic carboxylic acids is 1. The zero-order chi connectivity index (χ0) is 13.6. The molecule has 0 bridgehead atoms. The summed E-state index contributed by atoms with van der Waals surface area (Å²) in [5.74, 6) is -0.684. The van der Waals surface area contributed by atoms with E-state index in [1.807, 2.05) is 0 Å². The Morgan fingerprint density at radius 3 is 1.94 bits per heavy atom. The maximum Gasteiger partial charge on any atom is 0.303 e. The van der Waals surface area contributed by atoms with Crippen molar-refractivity contribution in [2.45, 2.75) is 90.1 Å². The van der Waals surface area contributed by atoms with Crippen molar-refractivity contribution in [2.75, 3.05) is 0 Å². The number of hydrogen-bond acceptors (Lipinski definition) is 2. The van der Waals surface area contributed by atoms with Gasteiger partial charge in [-0.05, 0) is 19.3 Å². The van der Waals surface area contributed by atoms with Gasteiger partial charge in [0.05, 0.1) is 6.10 Å². The topological polar surface area (TPSA) is 57.5 Å². The molecular formula is C15H30O3. The van der Waals surface area contributed by atoms with E-state index < -0.39 is 5.97 Å². The molecule has 0 amide bonds. The van der Waals surface area contributed by atoms with Crippen LogP contribution in [-0.4, -0.2) is 22.3 Å². The molecule has 0 rings (SSSR count). The number of aliphatic hydroxyl groups is 1. The molecule has 0 aromatic rings. The number of carboxylic acid groups (broad SMARTS) is 1. The highest BCUT2D eigenvalue weighted by molar-refractivity contribution is 5.66. The molecule has 1 unspecified atom stereocenters. The van der Waals surface area contributed by atoms with Crippen LogP contribution in [-0.2, 0) is 4.79 Å². The first-order chi connectivity index (χ1) is 8.66. The van der Waals surface area contributed by atoms with Gasteiger partial charge < -0.3 is 10.2 Å². The third-order valence-electron chi connectivity index (χ3n) is 3.32. The standard InChI is InChI=1S/C15H30O3/c1-2-3-11-14(16)12-9-7-5-4-6-8-10-13-15(17)18/h14,16H,2-13H2,1H3,(H,17,18). The van der Waals surface area contributed by atoms with Crippen LogP contribution in [0.15, 0.2) is 0 Å². The smallest absolute Gasteiger partial charge is 0.303 e. The average molecular weight is 258 g/mol. The number of hydrogen-bond donors (Lipinski definition) is 2. The van der Waals surface area contributed by atoms with Crippen LogP contribution in [0.4, 0.5) is 0 Å². The maximum absolute atomic E-state index is 10.3. The first kappa shape index (κ1) is 17.4. The SMILES string of the molecule is CCCCC(O)CCCCCCCCCC(=O)O. The molecule has 2 N–H and O–H groups in total. The first-order valence-electron chi connectivity index (χ1n) is 7.56. The highest BCUT2D eigenvalue weighted by Crippen LogP contribution is 2.12. The van der Waals surface area contributed by atoms with E-state index in [0.717, 1.165) is 51.4 Å². The molecule has 0 aromatic carbocycles. The molecule has 108 valence electrons. The zero-order valence-corrected chi connectivity index (χ0v) is 11.9. The van der Waals surface area contributed by atoms with Crippen LogP contribution in [0, 0.1) is 0 Å². The van der Waals surface area contributed by atoms with Gasteiger partial charge in [-0.15, -0.1) is 0 Å². The molecule has 0 spiro atoms. The third kappa shape index (κ3) is 13.5. The molecule has 0 aromatic heterocycles. The van der Waals surface area contributed by atoms with Crippen LogP contribution >= 0.6 is 0 Å². The Bertz CT molecular complexity index is 192. The summed E-state index contributed by atoms with van der Waals surface area (Å²) in [7, 11) is 0. The summed E-state index contributed by atoms with van der Waals surface area (Å²) in [6.45, 7) is 2.15. The van der Waals surface area contributed by atoms with Crippen LogP contribution in [0.25, 0.3) is 0 Å². The van der Waals surface area contributed by atoms with Crippen molar-refractivity contribution in [1.82, 2.24) is 0 Å². The van der Waals surface area contributed by atoms with E-state index in [-0.39, 0.29) is 6.10 Å². The van der Waals surface area contributed by atoms with E-state index in [9.17, 15) is 9.90 Å². The molecule has 0 saturated carbocycles. The first-order valence-corrected chi connectivity index (χ1v) is 7.56. The Kier molecular flexibility index (Phi) is 12.5. The van der Waals surface area contributed by atoms with E-state index >= 15 is 0 Å². The van der Waals surface area contributed by atoms with Gasteiger partial charge in [0.2, 0.25) is 0 Å². The highest BCUT2D eigenvalue weighted by Gasteiger charge is 2.02. The van der Waals surface area contributed by atoms with Crippen molar-refractivity contribution < 1.29 is 15.0 Å². The lowest BCUT2D eigenvalue weighted by Gasteiger charge is -2.09. The van der Waals surface area contributed by atoms with Gasteiger partial charge >= 0.3 is 5.97 Å². The fourth-order valence-corrected chi connectivity index (χ4v) is 2.12. The van der Waals surface area contributed by atoms with Gasteiger partial charge in [-0.2, -0.15) is 0 Å². The van der Waals surface area contributed by atoms with E-state index in [4.69, 9.17) is 5.11 Å². The molecule has 0 aliphatic rings. The number of carboxylic acids is 1. The molecule has 3 heteroatoms. The van der Waals surface area contributed by atoms with Gasteiger partial charge in [0.1, 0.15) is 0 Å². The lowest BCUT2D eigenvalue weighted by atomic mass is 10.0. The fraction of sp³-hybridized carbons (Fsp3) is 0.933. The number of unbranched alkanes of at least 4 members (excludes halogenated alkanes) is 7. The van der Waals surface area contributed by atoms with E-state index in [1.54, 1.807) is 0 Å². The molecule has 0 aliphatic carbocycles. The van der Waals surface area contributed by atoms with Gasteiger partial charge in [0.25, 0.3) is 0 Å². The average Bonchev–Trinajstić information content (AvgIpc) is 2.34. The number of rotatable bonds is 13. The molecule has 0 saturated heterocycles. The zero-order valence-electron chi connectivity index (χ0n) is 11.9. The molecule has 3 nitrogen and oxygen atoms in total. The fourth-order valence-electron chi connectivity index (χ4n) is 2.12. The predicted octanol–water partition coefficient (Wildman–Crippen LogP) is 4.13. The molecule has 0 aliphatic heterocycles. The minimum Gasteiger partial charge on any atom is -0.481 e. The Balaban J connectivity index is 3.09. The Labute approximate surface area is 112 Å². The molecule has 0 radical (unpaired) electrons. The molecular weight excluding hydrogens is 228 g/mol. The van der Waals surface area contributed by atoms with Crippen molar-refractivity contribution in [3.63, 3.8) is 0 Å². The van der Waals surface area contributed by atoms with E-state index in [1.165, 1.54) is 19.3 Å². The second-order valence-electron chi connectivity index (χ2n) is 5.20. The second kappa shape index (κ2) is 12.9. The Hall–Kier alpha value is -0.570. The molecule has 1 atom stereocenters. The maximum atomic E-state index is 10.3. The molecule has 18 heavy (non-hydrogen) atoms. The van der Waals surface area contributed by atoms with Gasteiger partial charge in [0, 0.05) is 6.42 Å². The summed E-state index contributed by atoms with van der Waals surface area (Å²) in [5.41, 5.74) is 0. The van der Waals surface area contributed by atoms with Gasteiger partial charge in [-0.1, -0.05) is 58.3 Å². The van der Waals surface area contributed by atoms with Crippen LogP contribution < -0.4 is 0 Å². The lowest BCUT2D eigenvalue weighted by molar-refractivity contribution is -0.137. The van der Waals surface area contributed by atoms with Gasteiger partial charge in [-0.25, -0.2) is 0 Å². The Morgan fingerprint density at radius 2 is 1.39 bits per heavy atom. The van der Waals surface area contributed by atoms with Crippen LogP contribution in [0.1, 0.15) is 84.0 Å². The monoisotopic (exact) mass is 258 g/mol.